The quantitative estimate of drug-likeness (QED) is 0.443. The summed E-state index contributed by atoms with van der Waals surface area (Å²) in [5.41, 5.74) is 0. The second-order valence-electron chi connectivity index (χ2n) is 1.49. The van der Waals surface area contributed by atoms with Gasteiger partial charge in [0.05, 0.1) is 6.07 Å². The lowest BCUT2D eigenvalue weighted by Gasteiger charge is -2.17. The SMILES string of the molecule is Clc1cccc[o+]1.[O-][Cl+3]([O-])([O-])[O-]. The molecule has 12 heavy (non-hydrogen) atoms. The molecule has 1 aromatic rings. The molecule has 0 fully saturated rings. The molecule has 0 bridgehead atoms. The van der Waals surface area contributed by atoms with Gasteiger partial charge in [0.2, 0.25) is 0 Å². The van der Waals surface area contributed by atoms with Crippen molar-refractivity contribution in [2.45, 2.75) is 0 Å². The largest absolute Gasteiger partial charge is 0.422 e. The zero-order valence-corrected chi connectivity index (χ0v) is 7.12. The van der Waals surface area contributed by atoms with Crippen molar-refractivity contribution in [2.75, 3.05) is 0 Å². The molecular formula is C5H4Cl2O5. The van der Waals surface area contributed by atoms with Gasteiger partial charge in [-0.2, -0.15) is 0 Å². The molecule has 5 nitrogen and oxygen atoms in total. The van der Waals surface area contributed by atoms with Crippen molar-refractivity contribution in [2.24, 2.45) is 0 Å². The van der Waals surface area contributed by atoms with Crippen LogP contribution in [0, 0.1) is 10.2 Å². The van der Waals surface area contributed by atoms with Crippen molar-refractivity contribution >= 4 is 11.6 Å². The Morgan fingerprint density at radius 3 is 1.83 bits per heavy atom. The first-order valence-corrected chi connectivity index (χ1v) is 4.15. The fourth-order valence-electron chi connectivity index (χ4n) is 0.320. The molecule has 0 aliphatic rings. The minimum atomic E-state index is -4.94. The smallest absolute Gasteiger partial charge is 0.222 e. The summed E-state index contributed by atoms with van der Waals surface area (Å²) in [4.78, 5) is 0. The van der Waals surface area contributed by atoms with E-state index < -0.39 is 10.2 Å². The van der Waals surface area contributed by atoms with Crippen LogP contribution in [0.1, 0.15) is 0 Å². The lowest BCUT2D eigenvalue weighted by Crippen LogP contribution is -2.68. The zero-order valence-electron chi connectivity index (χ0n) is 5.61. The third-order valence-electron chi connectivity index (χ3n) is 0.598. The Bertz CT molecular complexity index is 203. The van der Waals surface area contributed by atoms with Crippen molar-refractivity contribution in [1.82, 2.24) is 0 Å². The monoisotopic (exact) mass is 214 g/mol. The molecule has 7 heteroatoms. The van der Waals surface area contributed by atoms with E-state index in [9.17, 15) is 0 Å². The Hall–Kier alpha value is -0.430. The van der Waals surface area contributed by atoms with Gasteiger partial charge in [0.15, 0.2) is 0 Å². The first kappa shape index (κ1) is 11.6. The number of rotatable bonds is 0. The molecule has 1 heterocycles. The summed E-state index contributed by atoms with van der Waals surface area (Å²) in [6.45, 7) is 0. The van der Waals surface area contributed by atoms with Crippen LogP contribution in [-0.4, -0.2) is 0 Å². The Kier molecular flexibility index (Phi) is 5.07. The molecule has 0 unspecified atom stereocenters. The molecule has 1 aromatic heterocycles. The third-order valence-corrected chi connectivity index (χ3v) is 0.813. The van der Waals surface area contributed by atoms with E-state index in [-0.39, 0.29) is 0 Å². The molecule has 0 amide bonds. The third kappa shape index (κ3) is 12.3. The fraction of sp³-hybridized carbons (Fsp3) is 0. The van der Waals surface area contributed by atoms with E-state index in [4.69, 9.17) is 34.7 Å². The molecular weight excluding hydrogens is 211 g/mol. The first-order chi connectivity index (χ1) is 5.39. The molecule has 0 aromatic carbocycles. The predicted molar refractivity (Wildman–Crippen MR) is 28.1 cm³/mol. The standard InChI is InChI=1S/C5H4ClO.ClHO4/c6-5-3-1-2-4-7-5;2-1(3,4)5/h1-4H;(H,2,3,4,5)/q+1;/p-1. The minimum Gasteiger partial charge on any atom is -0.222 e. The average molecular weight is 215 g/mol. The van der Waals surface area contributed by atoms with Gasteiger partial charge in [-0.1, -0.05) is 0 Å². The Balaban J connectivity index is 0.000000217. The highest BCUT2D eigenvalue weighted by atomic mass is 35.7. The maximum atomic E-state index is 8.49. The van der Waals surface area contributed by atoms with Gasteiger partial charge < -0.3 is 0 Å². The van der Waals surface area contributed by atoms with E-state index in [2.05, 4.69) is 0 Å². The lowest BCUT2D eigenvalue weighted by atomic mass is 10.5. The highest BCUT2D eigenvalue weighted by Crippen LogP contribution is 2.03. The van der Waals surface area contributed by atoms with Gasteiger partial charge in [0.25, 0.3) is 0 Å². The van der Waals surface area contributed by atoms with Crippen molar-refractivity contribution in [3.8, 4) is 0 Å². The lowest BCUT2D eigenvalue weighted by molar-refractivity contribution is -2.00. The zero-order chi connectivity index (χ0) is 9.61. The molecule has 0 N–H and O–H groups in total. The summed E-state index contributed by atoms with van der Waals surface area (Å²) in [5.74, 6) is 0. The van der Waals surface area contributed by atoms with Gasteiger partial charge in [-0.3, -0.25) is 0 Å². The van der Waals surface area contributed by atoms with Crippen molar-refractivity contribution in [1.29, 1.82) is 0 Å². The normalized spacial score (nSPS) is 10.1. The van der Waals surface area contributed by atoms with E-state index in [1.165, 1.54) is 6.26 Å². The Morgan fingerprint density at radius 2 is 1.67 bits per heavy atom. The van der Waals surface area contributed by atoms with E-state index in [0.717, 1.165) is 0 Å². The molecule has 0 saturated carbocycles. The van der Waals surface area contributed by atoms with Gasteiger partial charge in [-0.15, -0.1) is 10.2 Å². The summed E-state index contributed by atoms with van der Waals surface area (Å²) in [6, 6.07) is 5.26. The van der Waals surface area contributed by atoms with Gasteiger partial charge in [-0.05, 0) is 6.07 Å². The summed E-state index contributed by atoms with van der Waals surface area (Å²) in [7, 11) is -4.94. The van der Waals surface area contributed by atoms with Crippen LogP contribution in [0.25, 0.3) is 0 Å². The van der Waals surface area contributed by atoms with E-state index in [1.54, 1.807) is 12.1 Å². The van der Waals surface area contributed by atoms with E-state index in [1.807, 2.05) is 6.07 Å². The van der Waals surface area contributed by atoms with E-state index in [0.29, 0.717) is 5.22 Å². The minimum absolute atomic E-state index is 0.419. The fourth-order valence-corrected chi connectivity index (χ4v) is 0.444. The summed E-state index contributed by atoms with van der Waals surface area (Å²) >= 11 is 5.37. The van der Waals surface area contributed by atoms with Crippen LogP contribution in [0.5, 0.6) is 0 Å². The maximum absolute atomic E-state index is 8.49. The van der Waals surface area contributed by atoms with Gasteiger partial charge in [0.1, 0.15) is 0 Å². The van der Waals surface area contributed by atoms with Crippen molar-refractivity contribution in [3.63, 3.8) is 0 Å². The van der Waals surface area contributed by atoms with Crippen LogP contribution in [0.3, 0.4) is 0 Å². The summed E-state index contributed by atoms with van der Waals surface area (Å²) in [5, 5.41) is 0.419. The van der Waals surface area contributed by atoms with Gasteiger partial charge in [0, 0.05) is 17.7 Å². The van der Waals surface area contributed by atoms with Crippen LogP contribution >= 0.6 is 11.6 Å². The van der Waals surface area contributed by atoms with Crippen molar-refractivity contribution in [3.05, 3.63) is 29.7 Å². The average Bonchev–Trinajstić information content (AvgIpc) is 1.85. The predicted octanol–water partition coefficient (Wildman–Crippen LogP) is -2.54. The molecule has 1 rings (SSSR count). The molecule has 0 saturated heterocycles. The van der Waals surface area contributed by atoms with Crippen molar-refractivity contribution < 1.29 is 33.3 Å². The second-order valence-corrected chi connectivity index (χ2v) is 2.62. The van der Waals surface area contributed by atoms with Crippen LogP contribution in [-0.2, 0) is 0 Å². The molecule has 0 aliphatic carbocycles. The van der Waals surface area contributed by atoms with E-state index >= 15 is 0 Å². The van der Waals surface area contributed by atoms with Gasteiger partial charge in [-0.25, -0.2) is 23.1 Å². The molecule has 0 atom stereocenters. The van der Waals surface area contributed by atoms with Crippen LogP contribution in [0.4, 0.5) is 0 Å². The van der Waals surface area contributed by atoms with Gasteiger partial charge >= 0.3 is 11.5 Å². The molecule has 0 radical (unpaired) electrons. The number of halogens is 2. The number of hydrogen-bond donors (Lipinski definition) is 0. The summed E-state index contributed by atoms with van der Waals surface area (Å²) < 4.78 is 38.7. The number of hydrogen-bond acceptors (Lipinski definition) is 4. The van der Waals surface area contributed by atoms with Crippen LogP contribution in [0.15, 0.2) is 28.9 Å². The molecule has 0 aliphatic heterocycles. The molecule has 68 valence electrons. The Morgan fingerprint density at radius 1 is 1.17 bits per heavy atom. The molecule has 0 spiro atoms. The van der Waals surface area contributed by atoms with Crippen LogP contribution in [0.2, 0.25) is 5.22 Å². The Labute approximate surface area is 75.2 Å². The maximum Gasteiger partial charge on any atom is 0.422 e. The second kappa shape index (κ2) is 5.26. The summed E-state index contributed by atoms with van der Waals surface area (Å²) in [6.07, 6.45) is 1.53. The highest BCUT2D eigenvalue weighted by Gasteiger charge is 1.93. The topological polar surface area (TPSA) is 104 Å². The highest BCUT2D eigenvalue weighted by molar-refractivity contribution is 6.28. The first-order valence-electron chi connectivity index (χ1n) is 2.53. The van der Waals surface area contributed by atoms with Crippen LogP contribution < -0.4 is 18.6 Å².